The number of para-hydroxylation sites is 1. The molecule has 1 fully saturated rings. The molecule has 12 nitrogen and oxygen atoms in total. The number of anilines is 1. The number of amides is 1. The lowest BCUT2D eigenvalue weighted by Gasteiger charge is -2.44. The molecule has 0 N–H and O–H groups in total. The Morgan fingerprint density at radius 2 is 1.45 bits per heavy atom. The number of hydrogen-bond donors (Lipinski definition) is 0. The van der Waals surface area contributed by atoms with E-state index in [0.717, 1.165) is 32.5 Å². The quantitative estimate of drug-likeness (QED) is 0.234. The molecular formula is C30H29ClN2O10S. The SMILES string of the molecule is CC(=O)OC[C@@H]1O[C@H](SC2=N/C(=C/c3ccccc3Cl)C(=O)N2c2ccccc2)[C@H](OC(C)=O)[C@H](OC(C)=O)[C@@H]1OC(C)=O. The third-order valence-corrected chi connectivity index (χ3v) is 7.65. The zero-order chi connectivity index (χ0) is 32.0. The van der Waals surface area contributed by atoms with Gasteiger partial charge in [-0.25, -0.2) is 4.99 Å². The first-order valence-electron chi connectivity index (χ1n) is 13.4. The lowest BCUT2D eigenvalue weighted by Crippen LogP contribution is -2.61. The van der Waals surface area contributed by atoms with Gasteiger partial charge in [-0.3, -0.25) is 28.9 Å². The van der Waals surface area contributed by atoms with E-state index in [9.17, 15) is 24.0 Å². The second-order valence-corrected chi connectivity index (χ2v) is 11.1. The molecule has 0 aliphatic carbocycles. The summed E-state index contributed by atoms with van der Waals surface area (Å²) < 4.78 is 27.9. The molecule has 4 rings (SSSR count). The maximum Gasteiger partial charge on any atom is 0.303 e. The summed E-state index contributed by atoms with van der Waals surface area (Å²) in [7, 11) is 0. The van der Waals surface area contributed by atoms with Crippen molar-refractivity contribution in [1.82, 2.24) is 0 Å². The second kappa shape index (κ2) is 14.5. The number of aliphatic imine (C=N–C) groups is 1. The number of esters is 4. The highest BCUT2D eigenvalue weighted by Crippen LogP contribution is 2.39. The van der Waals surface area contributed by atoms with Crippen LogP contribution in [0.15, 0.2) is 65.3 Å². The molecule has 0 unspecified atom stereocenters. The number of ether oxygens (including phenoxy) is 5. The zero-order valence-electron chi connectivity index (χ0n) is 24.1. The van der Waals surface area contributed by atoms with E-state index in [2.05, 4.69) is 4.99 Å². The minimum absolute atomic E-state index is 0.0649. The molecule has 0 radical (unpaired) electrons. The summed E-state index contributed by atoms with van der Waals surface area (Å²) in [4.78, 5) is 67.8. The molecule has 2 aliphatic rings. The first-order valence-corrected chi connectivity index (χ1v) is 14.6. The smallest absolute Gasteiger partial charge is 0.303 e. The maximum atomic E-state index is 13.7. The highest BCUT2D eigenvalue weighted by molar-refractivity contribution is 8.14. The third kappa shape index (κ3) is 8.04. The van der Waals surface area contributed by atoms with Crippen molar-refractivity contribution in [3.05, 3.63) is 70.9 Å². The Hall–Kier alpha value is -4.20. The van der Waals surface area contributed by atoms with Crippen LogP contribution >= 0.6 is 23.4 Å². The normalized spacial score (nSPS) is 24.0. The van der Waals surface area contributed by atoms with E-state index in [0.29, 0.717) is 16.3 Å². The highest BCUT2D eigenvalue weighted by atomic mass is 35.5. The molecule has 0 bridgehead atoms. The summed E-state index contributed by atoms with van der Waals surface area (Å²) in [6.07, 6.45) is -3.64. The van der Waals surface area contributed by atoms with Gasteiger partial charge in [0.1, 0.15) is 18.4 Å². The number of carbonyl (C=O) groups is 5. The van der Waals surface area contributed by atoms with E-state index in [-0.39, 0.29) is 17.5 Å². The maximum absolute atomic E-state index is 13.7. The molecule has 1 saturated heterocycles. The van der Waals surface area contributed by atoms with Crippen molar-refractivity contribution in [3.63, 3.8) is 0 Å². The van der Waals surface area contributed by atoms with E-state index in [4.69, 9.17) is 35.3 Å². The fourth-order valence-electron chi connectivity index (χ4n) is 4.51. The average molecular weight is 645 g/mol. The molecule has 2 aromatic rings. The molecule has 1 amide bonds. The van der Waals surface area contributed by atoms with Gasteiger partial charge in [-0.15, -0.1) is 0 Å². The highest BCUT2D eigenvalue weighted by Gasteiger charge is 2.53. The predicted molar refractivity (Wildman–Crippen MR) is 160 cm³/mol. The van der Waals surface area contributed by atoms with Crippen LogP contribution < -0.4 is 4.90 Å². The molecule has 0 aromatic heterocycles. The van der Waals surface area contributed by atoms with Gasteiger partial charge < -0.3 is 23.7 Å². The van der Waals surface area contributed by atoms with Crippen molar-refractivity contribution >= 4 is 70.1 Å². The Morgan fingerprint density at radius 3 is 2.07 bits per heavy atom. The Kier molecular flexibility index (Phi) is 10.8. The largest absolute Gasteiger partial charge is 0.463 e. The van der Waals surface area contributed by atoms with Crippen molar-refractivity contribution in [2.24, 2.45) is 4.99 Å². The number of amidine groups is 1. The van der Waals surface area contributed by atoms with E-state index < -0.39 is 59.6 Å². The second-order valence-electron chi connectivity index (χ2n) is 9.61. The molecule has 0 saturated carbocycles. The molecule has 232 valence electrons. The van der Waals surface area contributed by atoms with Crippen LogP contribution in [0.5, 0.6) is 0 Å². The fourth-order valence-corrected chi connectivity index (χ4v) is 5.89. The molecule has 2 aromatic carbocycles. The summed E-state index contributed by atoms with van der Waals surface area (Å²) in [6, 6.07) is 15.6. The molecule has 44 heavy (non-hydrogen) atoms. The van der Waals surface area contributed by atoms with Crippen molar-refractivity contribution in [2.45, 2.75) is 57.5 Å². The molecular weight excluding hydrogens is 616 g/mol. The van der Waals surface area contributed by atoms with Crippen LogP contribution in [0.1, 0.15) is 33.3 Å². The Bertz CT molecular complexity index is 1500. The summed E-state index contributed by atoms with van der Waals surface area (Å²) in [5.41, 5.74) is -0.0760. The molecule has 2 heterocycles. The van der Waals surface area contributed by atoms with Crippen LogP contribution in [0.2, 0.25) is 5.02 Å². The third-order valence-electron chi connectivity index (χ3n) is 6.21. The average Bonchev–Trinajstić information content (AvgIpc) is 3.25. The van der Waals surface area contributed by atoms with Gasteiger partial charge in [0, 0.05) is 32.7 Å². The van der Waals surface area contributed by atoms with Gasteiger partial charge >= 0.3 is 23.9 Å². The Labute approximate surface area is 262 Å². The summed E-state index contributed by atoms with van der Waals surface area (Å²) >= 11 is 7.24. The van der Waals surface area contributed by atoms with Crippen LogP contribution in [0.4, 0.5) is 5.69 Å². The zero-order valence-corrected chi connectivity index (χ0v) is 25.7. The number of benzene rings is 2. The lowest BCUT2D eigenvalue weighted by atomic mass is 9.99. The van der Waals surface area contributed by atoms with Crippen molar-refractivity contribution in [2.75, 3.05) is 11.5 Å². The van der Waals surface area contributed by atoms with Crippen LogP contribution in [0.25, 0.3) is 6.08 Å². The van der Waals surface area contributed by atoms with Crippen LogP contribution in [-0.4, -0.2) is 71.4 Å². The first kappa shape index (κ1) is 32.7. The number of halogens is 1. The van der Waals surface area contributed by atoms with Crippen LogP contribution in [-0.2, 0) is 47.7 Å². The van der Waals surface area contributed by atoms with Crippen molar-refractivity contribution in [3.8, 4) is 0 Å². The number of rotatable bonds is 8. The summed E-state index contributed by atoms with van der Waals surface area (Å²) in [5, 5.41) is 0.551. The van der Waals surface area contributed by atoms with E-state index in [1.807, 2.05) is 0 Å². The van der Waals surface area contributed by atoms with E-state index >= 15 is 0 Å². The molecule has 0 spiro atoms. The van der Waals surface area contributed by atoms with Gasteiger partial charge in [-0.2, -0.15) is 0 Å². The van der Waals surface area contributed by atoms with Crippen molar-refractivity contribution < 1.29 is 47.7 Å². The summed E-state index contributed by atoms with van der Waals surface area (Å²) in [5.74, 6) is -3.35. The number of thioether (sulfide) groups is 1. The predicted octanol–water partition coefficient (Wildman–Crippen LogP) is 3.90. The van der Waals surface area contributed by atoms with Gasteiger partial charge in [0.15, 0.2) is 28.9 Å². The van der Waals surface area contributed by atoms with Gasteiger partial charge in [-0.05, 0) is 29.8 Å². The van der Waals surface area contributed by atoms with Crippen LogP contribution in [0, 0.1) is 0 Å². The monoisotopic (exact) mass is 644 g/mol. The van der Waals surface area contributed by atoms with Gasteiger partial charge in [0.05, 0.1) is 5.69 Å². The fraction of sp³-hybridized carbons (Fsp3) is 0.333. The topological polar surface area (TPSA) is 147 Å². The molecule has 5 atom stereocenters. The van der Waals surface area contributed by atoms with E-state index in [1.54, 1.807) is 60.7 Å². The lowest BCUT2D eigenvalue weighted by molar-refractivity contribution is -0.237. The Morgan fingerprint density at radius 1 is 0.864 bits per heavy atom. The van der Waals surface area contributed by atoms with Gasteiger partial charge in [0.25, 0.3) is 5.91 Å². The standard InChI is InChI=1S/C30H29ClN2O10S/c1-16(34)39-15-24-25(40-17(2)35)26(41-18(3)36)27(42-19(4)37)29(43-24)44-30-32-23(14-20-10-8-9-13-22(20)31)28(38)33(30)21-11-6-5-7-12-21/h5-14,24-27,29H,15H2,1-4H3/b23-14+/t24-,25+,26+,27+,29+/m0/s1. The minimum Gasteiger partial charge on any atom is -0.463 e. The number of hydrogen-bond acceptors (Lipinski definition) is 12. The Balaban J connectivity index is 1.79. The molecule has 14 heteroatoms. The van der Waals surface area contributed by atoms with Crippen LogP contribution in [0.3, 0.4) is 0 Å². The molecule has 2 aliphatic heterocycles. The number of nitrogens with zero attached hydrogens (tertiary/aromatic N) is 2. The number of carbonyl (C=O) groups excluding carboxylic acids is 5. The first-order chi connectivity index (χ1) is 20.9. The van der Waals surface area contributed by atoms with Gasteiger partial charge in [0.2, 0.25) is 0 Å². The van der Waals surface area contributed by atoms with E-state index in [1.165, 1.54) is 11.8 Å². The van der Waals surface area contributed by atoms with Gasteiger partial charge in [-0.1, -0.05) is 59.8 Å². The summed E-state index contributed by atoms with van der Waals surface area (Å²) in [6.45, 7) is 4.22. The minimum atomic E-state index is -1.37. The van der Waals surface area contributed by atoms with Crippen molar-refractivity contribution in [1.29, 1.82) is 0 Å².